The Balaban J connectivity index is 2.07. The number of rotatable bonds is 4. The quantitative estimate of drug-likeness (QED) is 0.871. The van der Waals surface area contributed by atoms with Gasteiger partial charge in [0.15, 0.2) is 0 Å². The van der Waals surface area contributed by atoms with Gasteiger partial charge in [0.05, 0.1) is 6.42 Å². The molecule has 0 saturated carbocycles. The number of nitrogens with one attached hydrogen (secondary N) is 1. The van der Waals surface area contributed by atoms with E-state index in [1.807, 2.05) is 16.3 Å². The predicted octanol–water partition coefficient (Wildman–Crippen LogP) is 1.29. The number of amides is 1. The van der Waals surface area contributed by atoms with Gasteiger partial charge in [0.25, 0.3) is 0 Å². The van der Waals surface area contributed by atoms with E-state index < -0.39 is 12.0 Å². The molecule has 1 aromatic heterocycles. The van der Waals surface area contributed by atoms with E-state index in [0.717, 1.165) is 9.35 Å². The number of hydrogen-bond donors (Lipinski definition) is 2. The molecular weight excluding hydrogens is 320 g/mol. The minimum Gasteiger partial charge on any atom is -0.481 e. The molecule has 2 heterocycles. The Kier molecular flexibility index (Phi) is 4.36. The Bertz CT molecular complexity index is 463. The molecule has 7 heteroatoms. The monoisotopic (exact) mass is 332 g/mol. The molecule has 2 rings (SSSR count). The van der Waals surface area contributed by atoms with E-state index in [1.54, 1.807) is 11.3 Å². The second-order valence-electron chi connectivity index (χ2n) is 4.11. The van der Waals surface area contributed by atoms with Crippen LogP contribution in [0.5, 0.6) is 0 Å². The minimum absolute atomic E-state index is 0.154. The summed E-state index contributed by atoms with van der Waals surface area (Å²) in [7, 11) is 0. The fraction of sp³-hybridized carbons (Fsp3) is 0.455. The zero-order chi connectivity index (χ0) is 13.1. The average Bonchev–Trinajstić information content (AvgIpc) is 2.69. The molecule has 1 aliphatic heterocycles. The Morgan fingerprint density at radius 2 is 2.44 bits per heavy atom. The zero-order valence-corrected chi connectivity index (χ0v) is 12.0. The second-order valence-corrected chi connectivity index (χ2v) is 6.02. The van der Waals surface area contributed by atoms with Crippen LogP contribution in [-0.2, 0) is 16.1 Å². The molecule has 18 heavy (non-hydrogen) atoms. The van der Waals surface area contributed by atoms with Crippen LogP contribution < -0.4 is 5.32 Å². The normalized spacial score (nSPS) is 20.7. The molecule has 1 unspecified atom stereocenters. The van der Waals surface area contributed by atoms with Crippen LogP contribution in [0.2, 0.25) is 0 Å². The van der Waals surface area contributed by atoms with Crippen molar-refractivity contribution in [1.29, 1.82) is 0 Å². The molecular formula is C11H13BrN2O3S. The number of hydrogen-bond acceptors (Lipinski definition) is 4. The maximum atomic E-state index is 11.7. The van der Waals surface area contributed by atoms with E-state index in [-0.39, 0.29) is 12.3 Å². The van der Waals surface area contributed by atoms with Crippen LogP contribution in [-0.4, -0.2) is 41.0 Å². The first-order chi connectivity index (χ1) is 8.56. The van der Waals surface area contributed by atoms with Crippen molar-refractivity contribution < 1.29 is 14.7 Å². The first kappa shape index (κ1) is 13.5. The van der Waals surface area contributed by atoms with Crippen LogP contribution in [0.4, 0.5) is 0 Å². The predicted molar refractivity (Wildman–Crippen MR) is 71.5 cm³/mol. The third-order valence-corrected chi connectivity index (χ3v) is 4.47. The van der Waals surface area contributed by atoms with Gasteiger partial charge in [0.1, 0.15) is 6.04 Å². The summed E-state index contributed by atoms with van der Waals surface area (Å²) >= 11 is 4.98. The molecule has 1 saturated heterocycles. The van der Waals surface area contributed by atoms with Crippen molar-refractivity contribution in [2.24, 2.45) is 0 Å². The maximum Gasteiger partial charge on any atom is 0.305 e. The number of carbonyl (C=O) groups excluding carboxylic acids is 1. The Morgan fingerprint density at radius 1 is 1.67 bits per heavy atom. The van der Waals surface area contributed by atoms with Gasteiger partial charge in [-0.3, -0.25) is 14.5 Å². The second kappa shape index (κ2) is 5.81. The number of thiophene rings is 1. The van der Waals surface area contributed by atoms with E-state index in [4.69, 9.17) is 5.11 Å². The maximum absolute atomic E-state index is 11.7. The fourth-order valence-electron chi connectivity index (χ4n) is 1.98. The number of carboxylic acids is 1. The van der Waals surface area contributed by atoms with Crippen molar-refractivity contribution in [3.8, 4) is 0 Å². The van der Waals surface area contributed by atoms with Crippen LogP contribution in [0.25, 0.3) is 0 Å². The van der Waals surface area contributed by atoms with Gasteiger partial charge in [0.2, 0.25) is 5.91 Å². The molecule has 0 spiro atoms. The Morgan fingerprint density at radius 3 is 3.06 bits per heavy atom. The van der Waals surface area contributed by atoms with Crippen molar-refractivity contribution in [3.05, 3.63) is 20.8 Å². The number of aliphatic carboxylic acids is 1. The van der Waals surface area contributed by atoms with E-state index in [2.05, 4.69) is 21.2 Å². The summed E-state index contributed by atoms with van der Waals surface area (Å²) in [5.41, 5.74) is 0. The van der Waals surface area contributed by atoms with Gasteiger partial charge < -0.3 is 10.4 Å². The van der Waals surface area contributed by atoms with Gasteiger partial charge in [-0.15, -0.1) is 11.3 Å². The van der Waals surface area contributed by atoms with Crippen LogP contribution in [0, 0.1) is 0 Å². The van der Waals surface area contributed by atoms with Gasteiger partial charge >= 0.3 is 5.97 Å². The van der Waals surface area contributed by atoms with Gasteiger partial charge in [-0.25, -0.2) is 0 Å². The summed E-state index contributed by atoms with van der Waals surface area (Å²) in [5.74, 6) is -1.14. The molecule has 0 aliphatic carbocycles. The van der Waals surface area contributed by atoms with E-state index >= 15 is 0 Å². The highest BCUT2D eigenvalue weighted by atomic mass is 79.9. The highest BCUT2D eigenvalue weighted by Gasteiger charge is 2.31. The Labute approximate surface area is 117 Å². The van der Waals surface area contributed by atoms with E-state index in [1.165, 1.54) is 0 Å². The van der Waals surface area contributed by atoms with Gasteiger partial charge in [-0.05, 0) is 22.0 Å². The van der Waals surface area contributed by atoms with Crippen LogP contribution in [0.3, 0.4) is 0 Å². The van der Waals surface area contributed by atoms with E-state index in [9.17, 15) is 9.59 Å². The molecule has 0 aromatic carbocycles. The van der Waals surface area contributed by atoms with Crippen molar-refractivity contribution >= 4 is 39.1 Å². The van der Waals surface area contributed by atoms with Crippen molar-refractivity contribution in [3.63, 3.8) is 0 Å². The van der Waals surface area contributed by atoms with Crippen molar-refractivity contribution in [1.82, 2.24) is 10.2 Å². The summed E-state index contributed by atoms with van der Waals surface area (Å²) in [4.78, 5) is 25.6. The lowest BCUT2D eigenvalue weighted by Gasteiger charge is -2.33. The number of piperazine rings is 1. The summed E-state index contributed by atoms with van der Waals surface area (Å²) in [5, 5.41) is 13.5. The third kappa shape index (κ3) is 3.30. The number of carbonyl (C=O) groups is 2. The molecule has 1 aromatic rings. The van der Waals surface area contributed by atoms with Crippen LogP contribution in [0.15, 0.2) is 15.9 Å². The lowest BCUT2D eigenvalue weighted by atomic mass is 10.1. The molecule has 98 valence electrons. The van der Waals surface area contributed by atoms with Gasteiger partial charge in [0, 0.05) is 34.4 Å². The summed E-state index contributed by atoms with van der Waals surface area (Å²) in [6.45, 7) is 1.86. The molecule has 1 fully saturated rings. The molecule has 1 atom stereocenters. The number of nitrogens with zero attached hydrogens (tertiary/aromatic N) is 1. The lowest BCUT2D eigenvalue weighted by Crippen LogP contribution is -2.55. The standard InChI is InChI=1S/C11H13BrN2O3S/c12-7-3-8(18-6-7)5-14-2-1-13-11(17)9(14)4-10(15)16/h3,6,9H,1-2,4-5H2,(H,13,17)(H,15,16). The molecule has 5 nitrogen and oxygen atoms in total. The molecule has 0 radical (unpaired) electrons. The van der Waals surface area contributed by atoms with Crippen molar-refractivity contribution in [2.75, 3.05) is 13.1 Å². The summed E-state index contributed by atoms with van der Waals surface area (Å²) in [6.07, 6.45) is -0.154. The molecule has 1 amide bonds. The van der Waals surface area contributed by atoms with Crippen LogP contribution >= 0.6 is 27.3 Å². The highest BCUT2D eigenvalue weighted by Crippen LogP contribution is 2.23. The summed E-state index contributed by atoms with van der Waals surface area (Å²) in [6, 6.07) is 1.42. The van der Waals surface area contributed by atoms with Gasteiger partial charge in [-0.2, -0.15) is 0 Å². The van der Waals surface area contributed by atoms with Crippen molar-refractivity contribution in [2.45, 2.75) is 19.0 Å². The lowest BCUT2D eigenvalue weighted by molar-refractivity contribution is -0.143. The topological polar surface area (TPSA) is 69.6 Å². The smallest absolute Gasteiger partial charge is 0.305 e. The fourth-order valence-corrected chi connectivity index (χ4v) is 3.45. The first-order valence-corrected chi connectivity index (χ1v) is 7.20. The SMILES string of the molecule is O=C(O)CC1C(=O)NCCN1Cc1cc(Br)cs1. The molecule has 1 aliphatic rings. The first-order valence-electron chi connectivity index (χ1n) is 5.52. The highest BCUT2D eigenvalue weighted by molar-refractivity contribution is 9.10. The number of halogens is 1. The zero-order valence-electron chi connectivity index (χ0n) is 9.56. The summed E-state index contributed by atoms with van der Waals surface area (Å²) < 4.78 is 1.01. The molecule has 0 bridgehead atoms. The largest absolute Gasteiger partial charge is 0.481 e. The Hall–Kier alpha value is -0.920. The molecule has 2 N–H and O–H groups in total. The number of carboxylic acid groups (broad SMARTS) is 1. The average molecular weight is 333 g/mol. The minimum atomic E-state index is -0.950. The third-order valence-electron chi connectivity index (χ3n) is 2.79. The van der Waals surface area contributed by atoms with Gasteiger partial charge in [-0.1, -0.05) is 0 Å². The van der Waals surface area contributed by atoms with E-state index in [0.29, 0.717) is 19.6 Å². The van der Waals surface area contributed by atoms with Crippen LogP contribution in [0.1, 0.15) is 11.3 Å².